The molecule has 1 unspecified atom stereocenters. The zero-order valence-electron chi connectivity index (χ0n) is 17.8. The highest BCUT2D eigenvalue weighted by molar-refractivity contribution is 6.46. The first-order valence-electron chi connectivity index (χ1n) is 10.1. The first-order valence-corrected chi connectivity index (χ1v) is 10.8. The van der Waals surface area contributed by atoms with Gasteiger partial charge in [-0.2, -0.15) is 0 Å². The predicted octanol–water partition coefficient (Wildman–Crippen LogP) is 5.47. The molecule has 3 aromatic rings. The maximum absolute atomic E-state index is 13.4. The number of halogens is 3. The zero-order chi connectivity index (χ0) is 24.6. The largest absolute Gasteiger partial charge is 0.508 e. The quantitative estimate of drug-likeness (QED) is 0.275. The van der Waals surface area contributed by atoms with Gasteiger partial charge in [0.15, 0.2) is 5.75 Å². The standard InChI is InChI=1S/C25H18Cl2FNO5/c1-34-24-18(26)10-15(11-19(24)27)22(31)20-21(14-4-8-17(30)9-5-14)29(25(33)23(20)32)12-13-2-6-16(28)7-3-13/h2-11,21,30-31H,12H2,1H3/b22-20+. The van der Waals surface area contributed by atoms with Crippen LogP contribution in [0.25, 0.3) is 5.76 Å². The molecule has 0 aliphatic carbocycles. The van der Waals surface area contributed by atoms with Crippen LogP contribution in [-0.2, 0) is 16.1 Å². The maximum Gasteiger partial charge on any atom is 0.295 e. The molecule has 1 aliphatic rings. The van der Waals surface area contributed by atoms with Gasteiger partial charge in [-0.3, -0.25) is 9.59 Å². The van der Waals surface area contributed by atoms with Gasteiger partial charge in [0.2, 0.25) is 0 Å². The van der Waals surface area contributed by atoms with Crippen molar-refractivity contribution in [3.8, 4) is 11.5 Å². The first-order chi connectivity index (χ1) is 16.2. The molecule has 1 aliphatic heterocycles. The number of methoxy groups -OCH3 is 1. The number of likely N-dealkylation sites (tertiary alicyclic amines) is 1. The highest BCUT2D eigenvalue weighted by Crippen LogP contribution is 2.42. The van der Waals surface area contributed by atoms with Crippen molar-refractivity contribution in [2.45, 2.75) is 12.6 Å². The van der Waals surface area contributed by atoms with E-state index in [1.54, 1.807) is 12.1 Å². The fraction of sp³-hybridized carbons (Fsp3) is 0.120. The molecule has 1 heterocycles. The molecule has 2 N–H and O–H groups in total. The summed E-state index contributed by atoms with van der Waals surface area (Å²) in [6.07, 6.45) is 0. The van der Waals surface area contributed by atoms with Crippen LogP contribution < -0.4 is 4.74 Å². The van der Waals surface area contributed by atoms with E-state index < -0.39 is 29.3 Å². The Balaban J connectivity index is 1.87. The second kappa shape index (κ2) is 9.37. The van der Waals surface area contributed by atoms with Crippen molar-refractivity contribution in [2.75, 3.05) is 7.11 Å². The summed E-state index contributed by atoms with van der Waals surface area (Å²) in [5, 5.41) is 21.1. The van der Waals surface area contributed by atoms with Gasteiger partial charge in [-0.25, -0.2) is 4.39 Å². The summed E-state index contributed by atoms with van der Waals surface area (Å²) in [6, 6.07) is 13.2. The smallest absolute Gasteiger partial charge is 0.295 e. The monoisotopic (exact) mass is 501 g/mol. The number of aliphatic hydroxyl groups excluding tert-OH is 1. The molecule has 4 rings (SSSR count). The van der Waals surface area contributed by atoms with Crippen LogP contribution in [0.1, 0.15) is 22.7 Å². The van der Waals surface area contributed by atoms with Crippen molar-refractivity contribution >= 4 is 40.7 Å². The molecule has 0 radical (unpaired) electrons. The molecule has 0 saturated carbocycles. The van der Waals surface area contributed by atoms with E-state index in [1.165, 1.54) is 60.5 Å². The van der Waals surface area contributed by atoms with Crippen molar-refractivity contribution < 1.29 is 28.9 Å². The van der Waals surface area contributed by atoms with Gasteiger partial charge in [-0.1, -0.05) is 47.5 Å². The van der Waals surface area contributed by atoms with E-state index in [4.69, 9.17) is 27.9 Å². The lowest BCUT2D eigenvalue weighted by molar-refractivity contribution is -0.140. The third kappa shape index (κ3) is 4.32. The van der Waals surface area contributed by atoms with E-state index >= 15 is 0 Å². The zero-order valence-corrected chi connectivity index (χ0v) is 19.3. The Labute approximate surface area is 204 Å². The van der Waals surface area contributed by atoms with E-state index in [0.29, 0.717) is 11.1 Å². The number of ether oxygens (including phenoxy) is 1. The summed E-state index contributed by atoms with van der Waals surface area (Å²) in [5.41, 5.74) is 1.02. The van der Waals surface area contributed by atoms with E-state index in [0.717, 1.165) is 0 Å². The normalized spacial score (nSPS) is 17.3. The van der Waals surface area contributed by atoms with Gasteiger partial charge >= 0.3 is 0 Å². The number of rotatable bonds is 5. The second-order valence-corrected chi connectivity index (χ2v) is 8.43. The minimum atomic E-state index is -0.981. The summed E-state index contributed by atoms with van der Waals surface area (Å²) in [6.45, 7) is -0.0166. The van der Waals surface area contributed by atoms with Gasteiger partial charge < -0.3 is 19.8 Å². The molecule has 6 nitrogen and oxygen atoms in total. The molecule has 1 atom stereocenters. The first kappa shape index (κ1) is 23.6. The second-order valence-electron chi connectivity index (χ2n) is 7.62. The average Bonchev–Trinajstić information content (AvgIpc) is 3.05. The topological polar surface area (TPSA) is 87.1 Å². The van der Waals surface area contributed by atoms with Crippen LogP contribution in [0.4, 0.5) is 4.39 Å². The molecular formula is C25H18Cl2FNO5. The summed E-state index contributed by atoms with van der Waals surface area (Å²) in [7, 11) is 1.39. The molecule has 0 bridgehead atoms. The third-order valence-electron chi connectivity index (χ3n) is 5.49. The van der Waals surface area contributed by atoms with Gasteiger partial charge in [0.05, 0.1) is 28.8 Å². The van der Waals surface area contributed by atoms with Gasteiger partial charge in [0.25, 0.3) is 11.7 Å². The Hall–Kier alpha value is -3.55. The fourth-order valence-electron chi connectivity index (χ4n) is 3.88. The number of aliphatic hydroxyl groups is 1. The highest BCUT2D eigenvalue weighted by Gasteiger charge is 2.46. The summed E-state index contributed by atoms with van der Waals surface area (Å²) >= 11 is 12.4. The van der Waals surface area contributed by atoms with Crippen molar-refractivity contribution in [3.05, 3.63) is 98.8 Å². The summed E-state index contributed by atoms with van der Waals surface area (Å²) in [4.78, 5) is 27.4. The van der Waals surface area contributed by atoms with Gasteiger partial charge in [-0.15, -0.1) is 0 Å². The van der Waals surface area contributed by atoms with Crippen molar-refractivity contribution in [1.82, 2.24) is 4.90 Å². The Morgan fingerprint density at radius 1 is 1.03 bits per heavy atom. The van der Waals surface area contributed by atoms with Gasteiger partial charge in [-0.05, 0) is 47.5 Å². The molecule has 34 heavy (non-hydrogen) atoms. The lowest BCUT2D eigenvalue weighted by atomic mass is 9.95. The molecule has 0 aromatic heterocycles. The predicted molar refractivity (Wildman–Crippen MR) is 125 cm³/mol. The van der Waals surface area contributed by atoms with E-state index in [1.807, 2.05) is 0 Å². The Bertz CT molecular complexity index is 1280. The number of phenols is 1. The molecule has 9 heteroatoms. The molecule has 1 fully saturated rings. The van der Waals surface area contributed by atoms with Crippen LogP contribution >= 0.6 is 23.2 Å². The number of ketones is 1. The number of carbonyl (C=O) groups is 2. The van der Waals surface area contributed by atoms with Crippen molar-refractivity contribution in [1.29, 1.82) is 0 Å². The number of hydrogen-bond donors (Lipinski definition) is 2. The lowest BCUT2D eigenvalue weighted by Gasteiger charge is -2.25. The number of Topliss-reactive ketones (excluding diaryl/α,β-unsaturated/α-hetero) is 1. The molecule has 174 valence electrons. The van der Waals surface area contributed by atoms with E-state index in [9.17, 15) is 24.2 Å². The van der Waals surface area contributed by atoms with Crippen LogP contribution in [0, 0.1) is 5.82 Å². The lowest BCUT2D eigenvalue weighted by Crippen LogP contribution is -2.29. The number of amides is 1. The van der Waals surface area contributed by atoms with E-state index in [-0.39, 0.29) is 39.2 Å². The van der Waals surface area contributed by atoms with Gasteiger partial charge in [0.1, 0.15) is 17.3 Å². The van der Waals surface area contributed by atoms with Crippen molar-refractivity contribution in [3.63, 3.8) is 0 Å². The summed E-state index contributed by atoms with van der Waals surface area (Å²) < 4.78 is 18.5. The molecule has 0 spiro atoms. The molecular weight excluding hydrogens is 484 g/mol. The van der Waals surface area contributed by atoms with Gasteiger partial charge in [0, 0.05) is 12.1 Å². The highest BCUT2D eigenvalue weighted by atomic mass is 35.5. The molecule has 1 amide bonds. The number of hydrogen-bond acceptors (Lipinski definition) is 5. The molecule has 1 saturated heterocycles. The number of aromatic hydroxyl groups is 1. The summed E-state index contributed by atoms with van der Waals surface area (Å²) in [5.74, 6) is -2.45. The SMILES string of the molecule is COc1c(Cl)cc(/C(O)=C2\C(=O)C(=O)N(Cc3ccc(F)cc3)C2c2ccc(O)cc2)cc1Cl. The minimum absolute atomic E-state index is 0.00652. The number of phenolic OH excluding ortho intramolecular Hbond substituents is 1. The fourth-order valence-corrected chi connectivity index (χ4v) is 4.52. The van der Waals surface area contributed by atoms with Crippen LogP contribution in [0.15, 0.2) is 66.2 Å². The molecule has 3 aromatic carbocycles. The van der Waals surface area contributed by atoms with Crippen LogP contribution in [0.5, 0.6) is 11.5 Å². The maximum atomic E-state index is 13.4. The van der Waals surface area contributed by atoms with Crippen LogP contribution in [-0.4, -0.2) is 33.9 Å². The Kier molecular flexibility index (Phi) is 6.50. The number of benzene rings is 3. The number of nitrogens with zero attached hydrogens (tertiary/aromatic N) is 1. The third-order valence-corrected chi connectivity index (χ3v) is 6.05. The number of carbonyl (C=O) groups excluding carboxylic acids is 2. The Morgan fingerprint density at radius 3 is 2.18 bits per heavy atom. The van der Waals surface area contributed by atoms with Crippen molar-refractivity contribution in [2.24, 2.45) is 0 Å². The van der Waals surface area contributed by atoms with E-state index in [2.05, 4.69) is 0 Å². The average molecular weight is 502 g/mol. The van der Waals surface area contributed by atoms with Crippen LogP contribution in [0.2, 0.25) is 10.0 Å². The minimum Gasteiger partial charge on any atom is -0.508 e. The Morgan fingerprint density at radius 2 is 1.62 bits per heavy atom. The van der Waals surface area contributed by atoms with Crippen LogP contribution in [0.3, 0.4) is 0 Å².